The number of aromatic nitrogens is 4. The molecule has 0 radical (unpaired) electrons. The van der Waals surface area contributed by atoms with Crippen LogP contribution in [0.3, 0.4) is 0 Å². The molecule has 0 N–H and O–H groups in total. The number of hydrogen-bond donors (Lipinski definition) is 0. The maximum atomic E-state index is 12.4. The second-order valence-corrected chi connectivity index (χ2v) is 6.11. The highest BCUT2D eigenvalue weighted by Crippen LogP contribution is 2.22. The van der Waals surface area contributed by atoms with Gasteiger partial charge >= 0.3 is 0 Å². The van der Waals surface area contributed by atoms with Crippen molar-refractivity contribution in [3.8, 4) is 0 Å². The highest BCUT2D eigenvalue weighted by Gasteiger charge is 2.25. The highest BCUT2D eigenvalue weighted by molar-refractivity contribution is 5.76. The van der Waals surface area contributed by atoms with Gasteiger partial charge in [-0.05, 0) is 5.56 Å². The molecule has 0 aliphatic carbocycles. The Kier molecular flexibility index (Phi) is 4.28. The van der Waals surface area contributed by atoms with Crippen molar-refractivity contribution in [2.45, 2.75) is 32.4 Å². The predicted molar refractivity (Wildman–Crippen MR) is 89.5 cm³/mol. The lowest BCUT2D eigenvalue weighted by atomic mass is 10.1. The van der Waals surface area contributed by atoms with Crippen LogP contribution in [0.25, 0.3) is 0 Å². The van der Waals surface area contributed by atoms with Gasteiger partial charge in [0.1, 0.15) is 24.1 Å². The van der Waals surface area contributed by atoms with E-state index in [1.165, 1.54) is 11.9 Å². The van der Waals surface area contributed by atoms with E-state index in [-0.39, 0.29) is 5.91 Å². The highest BCUT2D eigenvalue weighted by atomic mass is 16.4. The minimum atomic E-state index is 0.105. The Morgan fingerprint density at radius 2 is 2.12 bits per heavy atom. The van der Waals surface area contributed by atoms with E-state index >= 15 is 0 Å². The van der Waals surface area contributed by atoms with Gasteiger partial charge in [0.2, 0.25) is 5.91 Å². The Morgan fingerprint density at radius 1 is 1.24 bits per heavy atom. The standard InChI is InChI=1S/C18H19N5O2/c24-18(7-9-23-13-19-12-20-23)22-8-6-16-15(11-22)21-17(25-16)10-14-4-2-1-3-5-14/h1-5,12-13H,6-11H2. The van der Waals surface area contributed by atoms with Crippen molar-refractivity contribution in [2.75, 3.05) is 6.54 Å². The van der Waals surface area contributed by atoms with E-state index in [0.29, 0.717) is 44.8 Å². The molecule has 25 heavy (non-hydrogen) atoms. The van der Waals surface area contributed by atoms with Gasteiger partial charge in [-0.2, -0.15) is 5.10 Å². The number of fused-ring (bicyclic) bond motifs is 1. The first-order valence-corrected chi connectivity index (χ1v) is 8.39. The molecule has 0 saturated carbocycles. The summed E-state index contributed by atoms with van der Waals surface area (Å²) >= 11 is 0. The quantitative estimate of drug-likeness (QED) is 0.710. The smallest absolute Gasteiger partial charge is 0.224 e. The molecule has 1 aliphatic rings. The lowest BCUT2D eigenvalue weighted by Crippen LogP contribution is -2.36. The third-order valence-electron chi connectivity index (χ3n) is 4.34. The largest absolute Gasteiger partial charge is 0.445 e. The molecule has 7 nitrogen and oxygen atoms in total. The summed E-state index contributed by atoms with van der Waals surface area (Å²) in [6.45, 7) is 1.73. The van der Waals surface area contributed by atoms with E-state index in [9.17, 15) is 4.79 Å². The Morgan fingerprint density at radius 3 is 2.92 bits per heavy atom. The molecule has 7 heteroatoms. The van der Waals surface area contributed by atoms with Gasteiger partial charge in [-0.25, -0.2) is 9.97 Å². The second kappa shape index (κ2) is 6.88. The van der Waals surface area contributed by atoms with Gasteiger partial charge < -0.3 is 9.32 Å². The zero-order chi connectivity index (χ0) is 17.1. The van der Waals surface area contributed by atoms with E-state index in [0.717, 1.165) is 11.5 Å². The maximum Gasteiger partial charge on any atom is 0.224 e. The third kappa shape index (κ3) is 3.60. The maximum absolute atomic E-state index is 12.4. The molecule has 1 aromatic carbocycles. The minimum absolute atomic E-state index is 0.105. The fourth-order valence-electron chi connectivity index (χ4n) is 3.03. The van der Waals surface area contributed by atoms with E-state index in [1.807, 2.05) is 23.1 Å². The van der Waals surface area contributed by atoms with E-state index in [2.05, 4.69) is 27.2 Å². The molecule has 2 aromatic heterocycles. The van der Waals surface area contributed by atoms with Gasteiger partial charge in [0, 0.05) is 25.8 Å². The predicted octanol–water partition coefficient (Wildman–Crippen LogP) is 1.83. The number of amides is 1. The average Bonchev–Trinajstić information content (AvgIpc) is 3.29. The summed E-state index contributed by atoms with van der Waals surface area (Å²) in [5.41, 5.74) is 2.05. The summed E-state index contributed by atoms with van der Waals surface area (Å²) in [5.74, 6) is 1.73. The van der Waals surface area contributed by atoms with Crippen LogP contribution in [-0.2, 0) is 30.7 Å². The molecule has 0 atom stereocenters. The summed E-state index contributed by atoms with van der Waals surface area (Å²) in [5, 5.41) is 4.02. The first-order valence-electron chi connectivity index (χ1n) is 8.39. The van der Waals surface area contributed by atoms with Crippen LogP contribution >= 0.6 is 0 Å². The number of hydrogen-bond acceptors (Lipinski definition) is 5. The van der Waals surface area contributed by atoms with Crippen LogP contribution in [0.15, 0.2) is 47.4 Å². The summed E-state index contributed by atoms with van der Waals surface area (Å²) < 4.78 is 7.55. The molecular formula is C18H19N5O2. The van der Waals surface area contributed by atoms with Crippen molar-refractivity contribution >= 4 is 5.91 Å². The van der Waals surface area contributed by atoms with Crippen molar-refractivity contribution < 1.29 is 9.21 Å². The second-order valence-electron chi connectivity index (χ2n) is 6.11. The summed E-state index contributed by atoms with van der Waals surface area (Å²) in [7, 11) is 0. The normalized spacial score (nSPS) is 13.7. The number of aryl methyl sites for hydroxylation is 1. The fraction of sp³-hybridized carbons (Fsp3) is 0.333. The topological polar surface area (TPSA) is 77.0 Å². The molecule has 128 valence electrons. The first kappa shape index (κ1) is 15.6. The monoisotopic (exact) mass is 337 g/mol. The first-order chi connectivity index (χ1) is 12.3. The SMILES string of the molecule is O=C(CCn1cncn1)N1CCc2oc(Cc3ccccc3)nc2C1. The van der Waals surface area contributed by atoms with E-state index < -0.39 is 0 Å². The minimum Gasteiger partial charge on any atom is -0.445 e. The molecule has 0 bridgehead atoms. The molecule has 0 spiro atoms. The van der Waals surface area contributed by atoms with Crippen LogP contribution in [-0.4, -0.2) is 37.1 Å². The molecule has 1 amide bonds. The molecular weight excluding hydrogens is 318 g/mol. The van der Waals surface area contributed by atoms with E-state index in [1.54, 1.807) is 11.0 Å². The number of nitrogens with zero attached hydrogens (tertiary/aromatic N) is 5. The van der Waals surface area contributed by atoms with Gasteiger partial charge in [-0.3, -0.25) is 9.48 Å². The van der Waals surface area contributed by atoms with Gasteiger partial charge in [0.15, 0.2) is 5.89 Å². The van der Waals surface area contributed by atoms with Crippen LogP contribution < -0.4 is 0 Å². The average molecular weight is 337 g/mol. The van der Waals surface area contributed by atoms with Gasteiger partial charge in [-0.15, -0.1) is 0 Å². The summed E-state index contributed by atoms with van der Waals surface area (Å²) in [4.78, 5) is 22.7. The van der Waals surface area contributed by atoms with Crippen LogP contribution in [0.1, 0.15) is 29.3 Å². The molecule has 3 aromatic rings. The lowest BCUT2D eigenvalue weighted by Gasteiger charge is -2.25. The molecule has 0 fully saturated rings. The zero-order valence-corrected chi connectivity index (χ0v) is 13.8. The summed E-state index contributed by atoms with van der Waals surface area (Å²) in [6, 6.07) is 10.1. The van der Waals surface area contributed by atoms with Crippen LogP contribution in [0.5, 0.6) is 0 Å². The third-order valence-corrected chi connectivity index (χ3v) is 4.34. The number of oxazole rings is 1. The fourth-order valence-corrected chi connectivity index (χ4v) is 3.03. The van der Waals surface area contributed by atoms with Crippen molar-refractivity contribution in [2.24, 2.45) is 0 Å². The molecule has 0 unspecified atom stereocenters. The van der Waals surface area contributed by atoms with E-state index in [4.69, 9.17) is 4.42 Å². The van der Waals surface area contributed by atoms with Gasteiger partial charge in [-0.1, -0.05) is 30.3 Å². The Hall–Kier alpha value is -2.96. The Balaban J connectivity index is 1.38. The van der Waals surface area contributed by atoms with Crippen LogP contribution in [0.4, 0.5) is 0 Å². The Labute approximate surface area is 145 Å². The summed E-state index contributed by atoms with van der Waals surface area (Å²) in [6.07, 6.45) is 4.89. The number of rotatable bonds is 5. The molecule has 0 saturated heterocycles. The number of carbonyl (C=O) groups is 1. The Bertz CT molecular complexity index is 842. The van der Waals surface area contributed by atoms with Crippen molar-refractivity contribution in [1.29, 1.82) is 0 Å². The van der Waals surface area contributed by atoms with Crippen molar-refractivity contribution in [3.63, 3.8) is 0 Å². The molecule has 4 rings (SSSR count). The zero-order valence-electron chi connectivity index (χ0n) is 13.8. The molecule has 1 aliphatic heterocycles. The van der Waals surface area contributed by atoms with Crippen LogP contribution in [0, 0.1) is 0 Å². The van der Waals surface area contributed by atoms with Gasteiger partial charge in [0.05, 0.1) is 13.1 Å². The number of benzene rings is 1. The number of carbonyl (C=O) groups excluding carboxylic acids is 1. The molecule has 3 heterocycles. The van der Waals surface area contributed by atoms with Gasteiger partial charge in [0.25, 0.3) is 0 Å². The van der Waals surface area contributed by atoms with Crippen LogP contribution in [0.2, 0.25) is 0 Å². The lowest BCUT2D eigenvalue weighted by molar-refractivity contribution is -0.132. The van der Waals surface area contributed by atoms with Crippen molar-refractivity contribution in [1.82, 2.24) is 24.6 Å². The van der Waals surface area contributed by atoms with Crippen molar-refractivity contribution in [3.05, 3.63) is 65.9 Å².